The quantitative estimate of drug-likeness (QED) is 0.728. The third-order valence-corrected chi connectivity index (χ3v) is 8.49. The largest absolute Gasteiger partial charge is 0.343 e. The van der Waals surface area contributed by atoms with Gasteiger partial charge in [0.1, 0.15) is 5.82 Å². The van der Waals surface area contributed by atoms with E-state index < -0.39 is 10.0 Å². The molecule has 0 bridgehead atoms. The van der Waals surface area contributed by atoms with Crippen molar-refractivity contribution < 1.29 is 13.2 Å². The number of sulfonamides is 1. The Morgan fingerprint density at radius 1 is 1.10 bits per heavy atom. The number of fused-ring (bicyclic) bond motifs is 1. The summed E-state index contributed by atoms with van der Waals surface area (Å²) in [5.74, 6) is 1.70. The van der Waals surface area contributed by atoms with Crippen LogP contribution in [-0.2, 0) is 28.3 Å². The fraction of sp³-hybridized carbons (Fsp3) is 0.636. The van der Waals surface area contributed by atoms with Gasteiger partial charge in [0, 0.05) is 46.1 Å². The summed E-state index contributed by atoms with van der Waals surface area (Å²) in [5.41, 5.74) is 1.56. The third kappa shape index (κ3) is 4.25. The maximum absolute atomic E-state index is 13.0. The minimum atomic E-state index is -3.48. The molecule has 3 heterocycles. The Bertz CT molecular complexity index is 1020. The Hall–Kier alpha value is -1.93. The number of imidazole rings is 1. The van der Waals surface area contributed by atoms with E-state index in [9.17, 15) is 13.2 Å². The molecule has 4 rings (SSSR count). The van der Waals surface area contributed by atoms with Crippen LogP contribution < -0.4 is 0 Å². The second-order valence-corrected chi connectivity index (χ2v) is 10.7. The summed E-state index contributed by atoms with van der Waals surface area (Å²) in [5, 5.41) is 0. The summed E-state index contributed by atoms with van der Waals surface area (Å²) < 4.78 is 29.5. The number of carbonyl (C=O) groups excluding carboxylic acids is 1. The lowest BCUT2D eigenvalue weighted by molar-refractivity contribution is -0.132. The fourth-order valence-corrected chi connectivity index (χ4v) is 6.04. The number of carbonyl (C=O) groups is 1. The summed E-state index contributed by atoms with van der Waals surface area (Å²) in [6.07, 6.45) is 6.06. The van der Waals surface area contributed by atoms with E-state index in [1.807, 2.05) is 22.6 Å². The van der Waals surface area contributed by atoms with E-state index in [4.69, 9.17) is 0 Å². The minimum absolute atomic E-state index is 0.183. The second-order valence-electron chi connectivity index (χ2n) is 8.77. The van der Waals surface area contributed by atoms with Crippen LogP contribution in [0.15, 0.2) is 23.1 Å². The zero-order valence-corrected chi connectivity index (χ0v) is 18.8. The molecule has 7 nitrogen and oxygen atoms in total. The smallest absolute Gasteiger partial charge is 0.243 e. The van der Waals surface area contributed by atoms with E-state index in [1.165, 1.54) is 0 Å². The predicted molar refractivity (Wildman–Crippen MR) is 117 cm³/mol. The molecular weight excluding hydrogens is 400 g/mol. The number of likely N-dealkylation sites (tertiary alicyclic amines) is 1. The van der Waals surface area contributed by atoms with Crippen molar-refractivity contribution in [1.29, 1.82) is 0 Å². The summed E-state index contributed by atoms with van der Waals surface area (Å²) in [6.45, 7) is 5.11. The number of rotatable bonds is 5. The number of aryl methyl sites for hydroxylation is 2. The summed E-state index contributed by atoms with van der Waals surface area (Å²) in [7, 11) is -1.55. The van der Waals surface area contributed by atoms with Crippen LogP contribution >= 0.6 is 0 Å². The maximum atomic E-state index is 13.0. The fourth-order valence-electron chi connectivity index (χ4n) is 4.50. The van der Waals surface area contributed by atoms with E-state index in [2.05, 4.69) is 11.9 Å². The number of hydrogen-bond donors (Lipinski definition) is 0. The van der Waals surface area contributed by atoms with Crippen molar-refractivity contribution in [2.24, 2.45) is 13.0 Å². The van der Waals surface area contributed by atoms with Crippen molar-refractivity contribution >= 4 is 27.0 Å². The zero-order chi connectivity index (χ0) is 21.3. The Kier molecular flexibility index (Phi) is 6.16. The lowest BCUT2D eigenvalue weighted by Crippen LogP contribution is -2.38. The molecule has 2 aromatic rings. The highest BCUT2D eigenvalue weighted by molar-refractivity contribution is 7.89. The topological polar surface area (TPSA) is 75.5 Å². The standard InChI is InChI=1S/C22H32N4O3S/c1-17-10-14-25(15-11-17)22(27)9-8-21-23-19-16-18(6-7-20(19)24(21)2)30(28,29)26-12-4-3-5-13-26/h6-7,16-17H,3-5,8-15H2,1-2H3. The van der Waals surface area contributed by atoms with Crippen LogP contribution in [0.25, 0.3) is 11.0 Å². The molecule has 0 unspecified atom stereocenters. The molecular formula is C22H32N4O3S. The van der Waals surface area contributed by atoms with Crippen molar-refractivity contribution in [2.75, 3.05) is 26.2 Å². The molecule has 0 radical (unpaired) electrons. The Balaban J connectivity index is 1.49. The van der Waals surface area contributed by atoms with Crippen LogP contribution in [0.1, 0.15) is 51.3 Å². The molecule has 2 aliphatic rings. The van der Waals surface area contributed by atoms with Gasteiger partial charge in [0.15, 0.2) is 0 Å². The summed E-state index contributed by atoms with van der Waals surface area (Å²) in [6, 6.07) is 5.19. The average Bonchev–Trinajstić information content (AvgIpc) is 3.08. The van der Waals surface area contributed by atoms with Crippen LogP contribution in [0.2, 0.25) is 0 Å². The zero-order valence-electron chi connectivity index (χ0n) is 18.0. The molecule has 0 N–H and O–H groups in total. The van der Waals surface area contributed by atoms with Crippen LogP contribution in [-0.4, -0.2) is 59.3 Å². The summed E-state index contributed by atoms with van der Waals surface area (Å²) in [4.78, 5) is 19.5. The van der Waals surface area contributed by atoms with Gasteiger partial charge in [-0.25, -0.2) is 13.4 Å². The first-order valence-corrected chi connectivity index (χ1v) is 12.5. The van der Waals surface area contributed by atoms with Gasteiger partial charge in [-0.15, -0.1) is 0 Å². The first-order chi connectivity index (χ1) is 14.4. The monoisotopic (exact) mass is 432 g/mol. The Morgan fingerprint density at radius 2 is 1.80 bits per heavy atom. The van der Waals surface area contributed by atoms with E-state index in [-0.39, 0.29) is 5.91 Å². The normalized spacial score (nSPS) is 19.5. The van der Waals surface area contributed by atoms with Crippen molar-refractivity contribution in [3.05, 3.63) is 24.0 Å². The lowest BCUT2D eigenvalue weighted by atomic mass is 9.99. The molecule has 0 atom stereocenters. The first kappa shape index (κ1) is 21.3. The minimum Gasteiger partial charge on any atom is -0.343 e. The number of hydrogen-bond acceptors (Lipinski definition) is 4. The molecule has 8 heteroatoms. The highest BCUT2D eigenvalue weighted by atomic mass is 32.2. The molecule has 2 saturated heterocycles. The number of piperidine rings is 2. The average molecular weight is 433 g/mol. The van der Waals surface area contributed by atoms with E-state index in [1.54, 1.807) is 16.4 Å². The highest BCUT2D eigenvalue weighted by Crippen LogP contribution is 2.25. The molecule has 1 amide bonds. The SMILES string of the molecule is CC1CCN(C(=O)CCc2nc3cc(S(=O)(=O)N4CCCCC4)ccc3n2C)CC1. The van der Waals surface area contributed by atoms with Gasteiger partial charge in [-0.1, -0.05) is 13.3 Å². The molecule has 2 aliphatic heterocycles. The van der Waals surface area contributed by atoms with Crippen molar-refractivity contribution in [3.8, 4) is 0 Å². The number of nitrogens with zero attached hydrogens (tertiary/aromatic N) is 4. The van der Waals surface area contributed by atoms with Crippen LogP contribution in [0.5, 0.6) is 0 Å². The van der Waals surface area contributed by atoms with Crippen molar-refractivity contribution in [2.45, 2.75) is 56.8 Å². The molecule has 1 aromatic carbocycles. The van der Waals surface area contributed by atoms with E-state index in [0.717, 1.165) is 56.5 Å². The second kappa shape index (κ2) is 8.67. The Morgan fingerprint density at radius 3 is 2.50 bits per heavy atom. The van der Waals surface area contributed by atoms with Gasteiger partial charge in [-0.2, -0.15) is 4.31 Å². The van der Waals surface area contributed by atoms with Gasteiger partial charge in [0.05, 0.1) is 15.9 Å². The van der Waals surface area contributed by atoms with Gasteiger partial charge in [-0.3, -0.25) is 4.79 Å². The van der Waals surface area contributed by atoms with E-state index >= 15 is 0 Å². The number of aromatic nitrogens is 2. The summed E-state index contributed by atoms with van der Waals surface area (Å²) >= 11 is 0. The highest BCUT2D eigenvalue weighted by Gasteiger charge is 2.27. The van der Waals surface area contributed by atoms with Gasteiger partial charge in [0.2, 0.25) is 15.9 Å². The first-order valence-electron chi connectivity index (χ1n) is 11.1. The van der Waals surface area contributed by atoms with E-state index in [0.29, 0.717) is 42.3 Å². The van der Waals surface area contributed by atoms with Crippen molar-refractivity contribution in [1.82, 2.24) is 18.8 Å². The number of amides is 1. The van der Waals surface area contributed by atoms with Crippen LogP contribution in [0.3, 0.4) is 0 Å². The molecule has 0 saturated carbocycles. The Labute approximate surface area is 179 Å². The predicted octanol–water partition coefficient (Wildman–Crippen LogP) is 2.94. The van der Waals surface area contributed by atoms with Crippen LogP contribution in [0, 0.1) is 5.92 Å². The van der Waals surface area contributed by atoms with Crippen molar-refractivity contribution in [3.63, 3.8) is 0 Å². The lowest BCUT2D eigenvalue weighted by Gasteiger charge is -2.30. The third-order valence-electron chi connectivity index (χ3n) is 6.60. The van der Waals surface area contributed by atoms with Gasteiger partial charge in [-0.05, 0) is 49.8 Å². The molecule has 0 spiro atoms. The molecule has 30 heavy (non-hydrogen) atoms. The van der Waals surface area contributed by atoms with Crippen LogP contribution in [0.4, 0.5) is 0 Å². The van der Waals surface area contributed by atoms with Gasteiger partial charge >= 0.3 is 0 Å². The maximum Gasteiger partial charge on any atom is 0.243 e. The molecule has 2 fully saturated rings. The van der Waals surface area contributed by atoms with Gasteiger partial charge < -0.3 is 9.47 Å². The molecule has 0 aliphatic carbocycles. The molecule has 164 valence electrons. The number of benzene rings is 1. The molecule has 1 aromatic heterocycles. The van der Waals surface area contributed by atoms with Gasteiger partial charge in [0.25, 0.3) is 0 Å².